The summed E-state index contributed by atoms with van der Waals surface area (Å²) in [6.45, 7) is 1.62. The Kier molecular flexibility index (Phi) is 3.48. The smallest absolute Gasteiger partial charge is 0.124 e. The standard InChI is InChI=1S/C16H14ClF2N/c17-15-7-14(19)4-1-11(15)8-16(9-20-10-16)12-2-5-13(18)6-3-12/h1-7,20H,8-10H2. The predicted octanol–water partition coefficient (Wildman–Crippen LogP) is 3.70. The highest BCUT2D eigenvalue weighted by molar-refractivity contribution is 6.31. The van der Waals surface area contributed by atoms with E-state index in [1.165, 1.54) is 24.3 Å². The molecule has 1 heterocycles. The van der Waals surface area contributed by atoms with Crippen LogP contribution in [0, 0.1) is 11.6 Å². The zero-order valence-corrected chi connectivity index (χ0v) is 11.6. The van der Waals surface area contributed by atoms with Crippen LogP contribution in [0.1, 0.15) is 11.1 Å². The lowest BCUT2D eigenvalue weighted by atomic mass is 9.71. The molecule has 2 aromatic rings. The number of nitrogens with one attached hydrogen (secondary N) is 1. The first kappa shape index (κ1) is 13.5. The minimum absolute atomic E-state index is 0.0881. The molecule has 0 aliphatic carbocycles. The summed E-state index contributed by atoms with van der Waals surface area (Å²) in [5, 5.41) is 3.70. The van der Waals surface area contributed by atoms with E-state index in [2.05, 4.69) is 5.32 Å². The Bertz CT molecular complexity index is 621. The van der Waals surface area contributed by atoms with Crippen molar-refractivity contribution < 1.29 is 8.78 Å². The van der Waals surface area contributed by atoms with Gasteiger partial charge in [0.2, 0.25) is 0 Å². The van der Waals surface area contributed by atoms with Gasteiger partial charge in [-0.1, -0.05) is 29.8 Å². The average Bonchev–Trinajstić information content (AvgIpc) is 2.37. The van der Waals surface area contributed by atoms with Gasteiger partial charge < -0.3 is 5.32 Å². The van der Waals surface area contributed by atoms with E-state index in [1.54, 1.807) is 6.07 Å². The molecule has 0 spiro atoms. The Hall–Kier alpha value is -1.45. The van der Waals surface area contributed by atoms with Gasteiger partial charge in [-0.15, -0.1) is 0 Å². The molecule has 1 N–H and O–H groups in total. The highest BCUT2D eigenvalue weighted by Gasteiger charge is 2.39. The van der Waals surface area contributed by atoms with Crippen LogP contribution < -0.4 is 5.32 Å². The normalized spacial score (nSPS) is 16.8. The second-order valence-electron chi connectivity index (χ2n) is 5.30. The molecule has 1 aliphatic rings. The number of hydrogen-bond donors (Lipinski definition) is 1. The van der Waals surface area contributed by atoms with E-state index in [-0.39, 0.29) is 17.0 Å². The summed E-state index contributed by atoms with van der Waals surface area (Å²) < 4.78 is 26.2. The quantitative estimate of drug-likeness (QED) is 0.910. The van der Waals surface area contributed by atoms with E-state index in [4.69, 9.17) is 11.6 Å². The van der Waals surface area contributed by atoms with Gasteiger partial charge in [-0.05, 0) is 41.8 Å². The molecule has 1 nitrogen and oxygen atoms in total. The molecule has 4 heteroatoms. The molecule has 2 aromatic carbocycles. The summed E-state index contributed by atoms with van der Waals surface area (Å²) in [7, 11) is 0. The van der Waals surface area contributed by atoms with Gasteiger partial charge in [0.15, 0.2) is 0 Å². The molecule has 20 heavy (non-hydrogen) atoms. The van der Waals surface area contributed by atoms with Gasteiger partial charge in [-0.3, -0.25) is 0 Å². The second kappa shape index (κ2) is 5.15. The number of benzene rings is 2. The average molecular weight is 294 g/mol. The second-order valence-corrected chi connectivity index (χ2v) is 5.71. The van der Waals surface area contributed by atoms with Crippen molar-refractivity contribution in [2.24, 2.45) is 0 Å². The summed E-state index contributed by atoms with van der Waals surface area (Å²) in [6, 6.07) is 11.1. The van der Waals surface area contributed by atoms with Gasteiger partial charge in [0.25, 0.3) is 0 Å². The first-order chi connectivity index (χ1) is 9.59. The molecule has 0 aromatic heterocycles. The molecule has 0 amide bonds. The zero-order valence-electron chi connectivity index (χ0n) is 10.8. The lowest BCUT2D eigenvalue weighted by Crippen LogP contribution is -2.58. The Morgan fingerprint density at radius 3 is 2.20 bits per heavy atom. The maximum Gasteiger partial charge on any atom is 0.124 e. The van der Waals surface area contributed by atoms with Crippen LogP contribution in [-0.2, 0) is 11.8 Å². The van der Waals surface area contributed by atoms with Crippen LogP contribution in [-0.4, -0.2) is 13.1 Å². The lowest BCUT2D eigenvalue weighted by Gasteiger charge is -2.43. The maximum atomic E-state index is 13.1. The predicted molar refractivity (Wildman–Crippen MR) is 76.1 cm³/mol. The van der Waals surface area contributed by atoms with Crippen LogP contribution in [0.25, 0.3) is 0 Å². The fraction of sp³-hybridized carbons (Fsp3) is 0.250. The summed E-state index contributed by atoms with van der Waals surface area (Å²) in [6.07, 6.45) is 0.713. The maximum absolute atomic E-state index is 13.1. The Balaban J connectivity index is 1.91. The van der Waals surface area contributed by atoms with Crippen LogP contribution in [0.2, 0.25) is 5.02 Å². The molecular weight excluding hydrogens is 280 g/mol. The van der Waals surface area contributed by atoms with E-state index in [1.807, 2.05) is 12.1 Å². The minimum atomic E-state index is -0.332. The zero-order chi connectivity index (χ0) is 14.2. The molecule has 104 valence electrons. The van der Waals surface area contributed by atoms with E-state index < -0.39 is 0 Å². The van der Waals surface area contributed by atoms with Crippen molar-refractivity contribution in [2.75, 3.05) is 13.1 Å². The molecule has 0 unspecified atom stereocenters. The van der Waals surface area contributed by atoms with Crippen LogP contribution in [0.4, 0.5) is 8.78 Å². The van der Waals surface area contributed by atoms with E-state index >= 15 is 0 Å². The molecular formula is C16H14ClF2N. The Morgan fingerprint density at radius 2 is 1.65 bits per heavy atom. The first-order valence-corrected chi connectivity index (χ1v) is 6.88. The van der Waals surface area contributed by atoms with Gasteiger partial charge in [0.1, 0.15) is 11.6 Å². The van der Waals surface area contributed by atoms with Crippen molar-refractivity contribution >= 4 is 11.6 Å². The molecule has 1 saturated heterocycles. The number of halogens is 3. The van der Waals surface area contributed by atoms with Crippen LogP contribution in [0.3, 0.4) is 0 Å². The third-order valence-electron chi connectivity index (χ3n) is 3.93. The van der Waals surface area contributed by atoms with Crippen molar-refractivity contribution in [3.8, 4) is 0 Å². The third kappa shape index (κ3) is 2.43. The van der Waals surface area contributed by atoms with Crippen LogP contribution in [0.5, 0.6) is 0 Å². The fourth-order valence-corrected chi connectivity index (χ4v) is 2.93. The van der Waals surface area contributed by atoms with E-state index in [0.717, 1.165) is 24.2 Å². The largest absolute Gasteiger partial charge is 0.315 e. The fourth-order valence-electron chi connectivity index (χ4n) is 2.69. The SMILES string of the molecule is Fc1ccc(C2(Cc3ccc(F)cc3Cl)CNC2)cc1. The summed E-state index contributed by atoms with van der Waals surface area (Å²) in [4.78, 5) is 0. The molecule has 0 radical (unpaired) electrons. The Labute approximate surface area is 121 Å². The summed E-state index contributed by atoms with van der Waals surface area (Å²) in [5.74, 6) is -0.572. The van der Waals surface area contributed by atoms with Crippen molar-refractivity contribution in [1.82, 2.24) is 5.32 Å². The van der Waals surface area contributed by atoms with Crippen molar-refractivity contribution in [2.45, 2.75) is 11.8 Å². The van der Waals surface area contributed by atoms with Gasteiger partial charge in [-0.2, -0.15) is 0 Å². The van der Waals surface area contributed by atoms with Gasteiger partial charge in [0, 0.05) is 23.5 Å². The number of rotatable bonds is 3. The van der Waals surface area contributed by atoms with Crippen molar-refractivity contribution in [1.29, 1.82) is 0 Å². The summed E-state index contributed by atoms with van der Waals surface area (Å²) in [5.41, 5.74) is 1.91. The highest BCUT2D eigenvalue weighted by atomic mass is 35.5. The molecule has 1 fully saturated rings. The monoisotopic (exact) mass is 293 g/mol. The highest BCUT2D eigenvalue weighted by Crippen LogP contribution is 2.34. The van der Waals surface area contributed by atoms with Gasteiger partial charge in [0.05, 0.1) is 0 Å². The topological polar surface area (TPSA) is 12.0 Å². The van der Waals surface area contributed by atoms with Crippen molar-refractivity contribution in [3.05, 3.63) is 70.2 Å². The van der Waals surface area contributed by atoms with Gasteiger partial charge in [-0.25, -0.2) is 8.78 Å². The molecule has 3 rings (SSSR count). The molecule has 1 aliphatic heterocycles. The third-order valence-corrected chi connectivity index (χ3v) is 4.28. The number of hydrogen-bond acceptors (Lipinski definition) is 1. The van der Waals surface area contributed by atoms with Gasteiger partial charge >= 0.3 is 0 Å². The first-order valence-electron chi connectivity index (χ1n) is 6.50. The molecule has 0 atom stereocenters. The van der Waals surface area contributed by atoms with E-state index in [9.17, 15) is 8.78 Å². The van der Waals surface area contributed by atoms with E-state index in [0.29, 0.717) is 11.4 Å². The van der Waals surface area contributed by atoms with Crippen molar-refractivity contribution in [3.63, 3.8) is 0 Å². The van der Waals surface area contributed by atoms with Crippen LogP contribution in [0.15, 0.2) is 42.5 Å². The summed E-state index contributed by atoms with van der Waals surface area (Å²) >= 11 is 6.11. The minimum Gasteiger partial charge on any atom is -0.315 e. The molecule has 0 saturated carbocycles. The van der Waals surface area contributed by atoms with Crippen LogP contribution >= 0.6 is 11.6 Å². The Morgan fingerprint density at radius 1 is 1.00 bits per heavy atom. The molecule has 0 bridgehead atoms. The lowest BCUT2D eigenvalue weighted by molar-refractivity contribution is 0.274.